The minimum atomic E-state index is 0.747. The maximum absolute atomic E-state index is 6.00. The van der Waals surface area contributed by atoms with Crippen molar-refractivity contribution < 1.29 is 0 Å². The zero-order valence-corrected chi connectivity index (χ0v) is 10.9. The second kappa shape index (κ2) is 7.64. The van der Waals surface area contributed by atoms with Crippen LogP contribution < -0.4 is 5.32 Å². The second-order valence-electron chi connectivity index (χ2n) is 4.53. The molecule has 0 fully saturated rings. The zero-order valence-electron chi connectivity index (χ0n) is 10.2. The van der Waals surface area contributed by atoms with E-state index in [4.69, 9.17) is 11.6 Å². The van der Waals surface area contributed by atoms with Crippen LogP contribution in [0.1, 0.15) is 38.7 Å². The first-order valence-corrected chi connectivity index (χ1v) is 6.37. The number of rotatable bonds is 7. The monoisotopic (exact) mass is 240 g/mol. The van der Waals surface area contributed by atoms with Crippen molar-refractivity contribution >= 4 is 11.6 Å². The van der Waals surface area contributed by atoms with E-state index in [1.165, 1.54) is 19.3 Å². The fourth-order valence-corrected chi connectivity index (χ4v) is 1.76. The van der Waals surface area contributed by atoms with E-state index >= 15 is 0 Å². The van der Waals surface area contributed by atoms with E-state index in [0.717, 1.165) is 29.6 Å². The maximum atomic E-state index is 6.00. The van der Waals surface area contributed by atoms with Crippen molar-refractivity contribution in [2.45, 2.75) is 39.7 Å². The molecule has 16 heavy (non-hydrogen) atoms. The fourth-order valence-electron chi connectivity index (χ4n) is 1.57. The average Bonchev–Trinajstić information content (AvgIpc) is 2.25. The first-order chi connectivity index (χ1) is 7.70. The van der Waals surface area contributed by atoms with Crippen LogP contribution in [0.5, 0.6) is 0 Å². The lowest BCUT2D eigenvalue weighted by atomic mass is 10.1. The molecule has 0 aliphatic heterocycles. The van der Waals surface area contributed by atoms with Gasteiger partial charge in [0.2, 0.25) is 0 Å². The van der Waals surface area contributed by atoms with E-state index in [0.29, 0.717) is 0 Å². The molecule has 0 radical (unpaired) electrons. The van der Waals surface area contributed by atoms with Gasteiger partial charge >= 0.3 is 0 Å². The Morgan fingerprint density at radius 3 is 2.88 bits per heavy atom. The van der Waals surface area contributed by atoms with Crippen molar-refractivity contribution in [3.8, 4) is 0 Å². The third-order valence-corrected chi connectivity index (χ3v) is 2.90. The lowest BCUT2D eigenvalue weighted by molar-refractivity contribution is 0.520. The molecule has 0 spiro atoms. The predicted molar refractivity (Wildman–Crippen MR) is 69.6 cm³/mol. The third-order valence-electron chi connectivity index (χ3n) is 2.56. The Balaban J connectivity index is 2.10. The summed E-state index contributed by atoms with van der Waals surface area (Å²) in [6.45, 7) is 6.43. The van der Waals surface area contributed by atoms with Gasteiger partial charge in [0, 0.05) is 18.9 Å². The number of hydrogen-bond acceptors (Lipinski definition) is 2. The van der Waals surface area contributed by atoms with Gasteiger partial charge in [-0.3, -0.25) is 4.98 Å². The number of nitrogens with zero attached hydrogens (tertiary/aromatic N) is 1. The molecular formula is C13H21ClN2. The van der Waals surface area contributed by atoms with Gasteiger partial charge < -0.3 is 5.32 Å². The van der Waals surface area contributed by atoms with E-state index in [1.54, 1.807) is 12.4 Å². The second-order valence-corrected chi connectivity index (χ2v) is 4.94. The largest absolute Gasteiger partial charge is 0.313 e. The minimum absolute atomic E-state index is 0.747. The predicted octanol–water partition coefficient (Wildman–Crippen LogP) is 3.65. The Bertz CT molecular complexity index is 300. The summed E-state index contributed by atoms with van der Waals surface area (Å²) >= 11 is 6.00. The van der Waals surface area contributed by atoms with Crippen LogP contribution in [0.4, 0.5) is 0 Å². The van der Waals surface area contributed by atoms with Crippen LogP contribution in [0.2, 0.25) is 5.02 Å². The molecule has 90 valence electrons. The molecule has 0 aliphatic rings. The summed E-state index contributed by atoms with van der Waals surface area (Å²) in [7, 11) is 0. The maximum Gasteiger partial charge on any atom is 0.0634 e. The van der Waals surface area contributed by atoms with Crippen LogP contribution in [-0.4, -0.2) is 11.5 Å². The molecule has 0 amide bonds. The summed E-state index contributed by atoms with van der Waals surface area (Å²) in [5.41, 5.74) is 1.13. The van der Waals surface area contributed by atoms with Crippen molar-refractivity contribution in [1.29, 1.82) is 0 Å². The minimum Gasteiger partial charge on any atom is -0.313 e. The highest BCUT2D eigenvalue weighted by molar-refractivity contribution is 6.31. The fraction of sp³-hybridized carbons (Fsp3) is 0.615. The van der Waals surface area contributed by atoms with E-state index in [1.807, 2.05) is 6.07 Å². The standard InChI is InChI=1S/C13H21ClN2/c1-11(2)5-3-4-7-15-9-12-6-8-16-10-13(12)14/h6,8,10-11,15H,3-5,7,9H2,1-2H3. The van der Waals surface area contributed by atoms with E-state index in [2.05, 4.69) is 24.1 Å². The molecular weight excluding hydrogens is 220 g/mol. The average molecular weight is 241 g/mol. The molecule has 0 aromatic carbocycles. The van der Waals surface area contributed by atoms with Gasteiger partial charge in [0.1, 0.15) is 0 Å². The topological polar surface area (TPSA) is 24.9 Å². The van der Waals surface area contributed by atoms with Crippen LogP contribution in [0.3, 0.4) is 0 Å². The van der Waals surface area contributed by atoms with Gasteiger partial charge in [-0.25, -0.2) is 0 Å². The van der Waals surface area contributed by atoms with Crippen LogP contribution in [0.25, 0.3) is 0 Å². The Kier molecular flexibility index (Phi) is 6.43. The van der Waals surface area contributed by atoms with Crippen molar-refractivity contribution in [2.24, 2.45) is 5.92 Å². The molecule has 3 heteroatoms. The summed E-state index contributed by atoms with van der Waals surface area (Å²) in [5, 5.41) is 4.15. The summed E-state index contributed by atoms with van der Waals surface area (Å²) < 4.78 is 0. The van der Waals surface area contributed by atoms with E-state index in [-0.39, 0.29) is 0 Å². The molecule has 1 aromatic rings. The number of unbranched alkanes of at least 4 members (excludes halogenated alkanes) is 1. The Morgan fingerprint density at radius 2 is 2.19 bits per heavy atom. The number of halogens is 1. The van der Waals surface area contributed by atoms with Crippen molar-refractivity contribution in [1.82, 2.24) is 10.3 Å². The zero-order chi connectivity index (χ0) is 11.8. The molecule has 0 atom stereocenters. The van der Waals surface area contributed by atoms with Gasteiger partial charge in [-0.1, -0.05) is 38.3 Å². The Hall–Kier alpha value is -0.600. The van der Waals surface area contributed by atoms with E-state index < -0.39 is 0 Å². The molecule has 0 unspecified atom stereocenters. The van der Waals surface area contributed by atoms with Gasteiger partial charge in [0.15, 0.2) is 0 Å². The molecule has 0 aliphatic carbocycles. The highest BCUT2D eigenvalue weighted by atomic mass is 35.5. The Labute approximate surface area is 103 Å². The molecule has 0 saturated heterocycles. The lowest BCUT2D eigenvalue weighted by Gasteiger charge is -2.07. The molecule has 1 aromatic heterocycles. The van der Waals surface area contributed by atoms with E-state index in [9.17, 15) is 0 Å². The lowest BCUT2D eigenvalue weighted by Crippen LogP contribution is -2.15. The molecule has 1 N–H and O–H groups in total. The molecule has 0 saturated carbocycles. The first kappa shape index (κ1) is 13.5. The third kappa shape index (κ3) is 5.47. The Morgan fingerprint density at radius 1 is 1.38 bits per heavy atom. The van der Waals surface area contributed by atoms with Crippen LogP contribution in [0, 0.1) is 5.92 Å². The number of aromatic nitrogens is 1. The van der Waals surface area contributed by atoms with Crippen molar-refractivity contribution in [3.05, 3.63) is 29.0 Å². The number of hydrogen-bond donors (Lipinski definition) is 1. The van der Waals surface area contributed by atoms with Gasteiger partial charge in [-0.2, -0.15) is 0 Å². The summed E-state index contributed by atoms with van der Waals surface area (Å²) in [4.78, 5) is 3.96. The highest BCUT2D eigenvalue weighted by Crippen LogP contribution is 2.12. The van der Waals surface area contributed by atoms with Gasteiger partial charge in [0.05, 0.1) is 5.02 Å². The quantitative estimate of drug-likeness (QED) is 0.736. The summed E-state index contributed by atoms with van der Waals surface area (Å²) in [6.07, 6.45) is 7.33. The van der Waals surface area contributed by atoms with Crippen molar-refractivity contribution in [3.63, 3.8) is 0 Å². The molecule has 1 rings (SSSR count). The SMILES string of the molecule is CC(C)CCCCNCc1ccncc1Cl. The van der Waals surface area contributed by atoms with Crippen LogP contribution >= 0.6 is 11.6 Å². The van der Waals surface area contributed by atoms with Gasteiger partial charge in [0.25, 0.3) is 0 Å². The highest BCUT2D eigenvalue weighted by Gasteiger charge is 1.98. The summed E-state index contributed by atoms with van der Waals surface area (Å²) in [5.74, 6) is 0.814. The smallest absolute Gasteiger partial charge is 0.0634 e. The first-order valence-electron chi connectivity index (χ1n) is 5.99. The molecule has 0 bridgehead atoms. The number of nitrogens with one attached hydrogen (secondary N) is 1. The van der Waals surface area contributed by atoms with Crippen LogP contribution in [0.15, 0.2) is 18.5 Å². The normalized spacial score (nSPS) is 11.0. The van der Waals surface area contributed by atoms with Crippen LogP contribution in [-0.2, 0) is 6.54 Å². The van der Waals surface area contributed by atoms with Gasteiger partial charge in [-0.05, 0) is 30.5 Å². The summed E-state index contributed by atoms with van der Waals surface area (Å²) in [6, 6.07) is 1.96. The van der Waals surface area contributed by atoms with Crippen molar-refractivity contribution in [2.75, 3.05) is 6.54 Å². The molecule has 2 nitrogen and oxygen atoms in total. The van der Waals surface area contributed by atoms with Gasteiger partial charge in [-0.15, -0.1) is 0 Å². The number of pyridine rings is 1. The molecule has 1 heterocycles.